The van der Waals surface area contributed by atoms with Crippen LogP contribution in [0.1, 0.15) is 40.4 Å². The first-order valence-electron chi connectivity index (χ1n) is 8.10. The number of aromatic nitrogens is 8. The summed E-state index contributed by atoms with van der Waals surface area (Å²) in [6.07, 6.45) is 6.86. The zero-order valence-corrected chi connectivity index (χ0v) is 14.5. The molecule has 0 atom stereocenters. The second-order valence-corrected chi connectivity index (χ2v) is 6.67. The summed E-state index contributed by atoms with van der Waals surface area (Å²) in [4.78, 5) is 16.6. The second-order valence-electron chi connectivity index (χ2n) is 5.91. The first-order valence-corrected chi connectivity index (χ1v) is 8.87. The van der Waals surface area contributed by atoms with Crippen LogP contribution in [-0.4, -0.2) is 63.5 Å². The fourth-order valence-electron chi connectivity index (χ4n) is 2.74. The molecule has 0 spiro atoms. The van der Waals surface area contributed by atoms with Crippen molar-refractivity contribution in [1.29, 1.82) is 0 Å². The van der Waals surface area contributed by atoms with Crippen LogP contribution in [0.2, 0.25) is 0 Å². The van der Waals surface area contributed by atoms with Crippen molar-refractivity contribution in [1.82, 2.24) is 44.5 Å². The molecule has 0 aliphatic carbocycles. The van der Waals surface area contributed by atoms with Crippen LogP contribution in [-0.2, 0) is 13.0 Å². The van der Waals surface area contributed by atoms with Crippen molar-refractivity contribution in [3.8, 4) is 0 Å². The van der Waals surface area contributed by atoms with E-state index in [1.807, 2.05) is 6.20 Å². The van der Waals surface area contributed by atoms with Crippen molar-refractivity contribution in [2.75, 3.05) is 13.1 Å². The summed E-state index contributed by atoms with van der Waals surface area (Å²) < 4.78 is 5.73. The van der Waals surface area contributed by atoms with E-state index in [0.29, 0.717) is 24.5 Å². The first-order chi connectivity index (χ1) is 12.2. The van der Waals surface area contributed by atoms with Crippen molar-refractivity contribution in [3.05, 3.63) is 34.9 Å². The normalized spacial score (nSPS) is 14.7. The Morgan fingerprint density at radius 1 is 1.28 bits per heavy atom. The van der Waals surface area contributed by atoms with Crippen LogP contribution >= 0.6 is 11.5 Å². The number of aryl methyl sites for hydroxylation is 1. The van der Waals surface area contributed by atoms with E-state index in [2.05, 4.69) is 37.0 Å². The lowest BCUT2D eigenvalue weighted by Gasteiger charge is -2.38. The Hall–Kier alpha value is -2.69. The molecule has 4 heterocycles. The summed E-state index contributed by atoms with van der Waals surface area (Å²) in [5.74, 6) is 0.00998. The van der Waals surface area contributed by atoms with Crippen LogP contribution in [0.5, 0.6) is 0 Å². The van der Waals surface area contributed by atoms with Gasteiger partial charge in [0, 0.05) is 13.1 Å². The monoisotopic (exact) mass is 359 g/mol. The molecule has 1 amide bonds. The van der Waals surface area contributed by atoms with E-state index in [1.165, 1.54) is 11.5 Å². The van der Waals surface area contributed by atoms with Gasteiger partial charge in [-0.05, 0) is 18.0 Å². The predicted octanol–water partition coefficient (Wildman–Crippen LogP) is 0.419. The van der Waals surface area contributed by atoms with Gasteiger partial charge >= 0.3 is 0 Å². The first kappa shape index (κ1) is 15.8. The van der Waals surface area contributed by atoms with Crippen LogP contribution < -0.4 is 0 Å². The van der Waals surface area contributed by atoms with Gasteiger partial charge in [-0.25, -0.2) is 4.68 Å². The number of rotatable bonds is 6. The molecule has 4 rings (SSSR count). The van der Waals surface area contributed by atoms with E-state index in [9.17, 15) is 4.79 Å². The number of amides is 1. The molecule has 11 heteroatoms. The predicted molar refractivity (Wildman–Crippen MR) is 88.0 cm³/mol. The minimum atomic E-state index is 0.00998. The Kier molecular flexibility index (Phi) is 4.22. The van der Waals surface area contributed by atoms with Crippen LogP contribution in [0.15, 0.2) is 18.6 Å². The van der Waals surface area contributed by atoms with Gasteiger partial charge in [0.05, 0.1) is 30.3 Å². The fraction of sp³-hybridized carbons (Fsp3) is 0.500. The highest BCUT2D eigenvalue weighted by Crippen LogP contribution is 2.25. The molecule has 0 saturated carbocycles. The van der Waals surface area contributed by atoms with E-state index in [1.54, 1.807) is 26.8 Å². The van der Waals surface area contributed by atoms with Crippen LogP contribution in [0, 0.1) is 0 Å². The highest BCUT2D eigenvalue weighted by molar-refractivity contribution is 7.08. The van der Waals surface area contributed by atoms with E-state index in [4.69, 9.17) is 0 Å². The molecule has 1 fully saturated rings. The maximum Gasteiger partial charge on any atom is 0.267 e. The molecule has 3 aromatic heterocycles. The van der Waals surface area contributed by atoms with Gasteiger partial charge in [0.15, 0.2) is 0 Å². The Balaban J connectivity index is 1.36. The smallest absolute Gasteiger partial charge is 0.267 e. The number of hydrogen-bond donors (Lipinski definition) is 0. The summed E-state index contributed by atoms with van der Waals surface area (Å²) in [6, 6.07) is 0.145. The molecule has 0 N–H and O–H groups in total. The zero-order valence-electron chi connectivity index (χ0n) is 13.7. The summed E-state index contributed by atoms with van der Waals surface area (Å²) in [6.45, 7) is 3.78. The number of carbonyl (C=O) groups is 1. The molecule has 3 aromatic rings. The molecule has 1 aliphatic heterocycles. The topological polar surface area (TPSA) is 108 Å². The second kappa shape index (κ2) is 6.67. The Morgan fingerprint density at radius 3 is 2.84 bits per heavy atom. The Bertz CT molecular complexity index is 849. The maximum absolute atomic E-state index is 12.6. The number of hydrogen-bond acceptors (Lipinski definition) is 8. The van der Waals surface area contributed by atoms with Crippen molar-refractivity contribution in [3.63, 3.8) is 0 Å². The van der Waals surface area contributed by atoms with Crippen molar-refractivity contribution >= 4 is 17.4 Å². The van der Waals surface area contributed by atoms with E-state index < -0.39 is 0 Å². The van der Waals surface area contributed by atoms with Gasteiger partial charge in [-0.2, -0.15) is 15.0 Å². The third-order valence-corrected chi connectivity index (χ3v) is 4.84. The van der Waals surface area contributed by atoms with E-state index in [-0.39, 0.29) is 11.9 Å². The molecule has 25 heavy (non-hydrogen) atoms. The van der Waals surface area contributed by atoms with Gasteiger partial charge in [0.1, 0.15) is 17.1 Å². The standard InChI is InChI=1S/C14H17N9OS/c1-2-3-12-13(25-20-18-12)14(24)21-8-11(9-21)22-6-10(17-19-22)7-23-15-4-5-16-23/h4-6,11H,2-3,7-9H2,1H3. The van der Waals surface area contributed by atoms with Crippen LogP contribution in [0.3, 0.4) is 0 Å². The third-order valence-electron chi connectivity index (χ3n) is 4.09. The summed E-state index contributed by atoms with van der Waals surface area (Å²) in [5.41, 5.74) is 1.59. The molecule has 1 aliphatic rings. The largest absolute Gasteiger partial charge is 0.333 e. The molecule has 0 bridgehead atoms. The van der Waals surface area contributed by atoms with E-state index >= 15 is 0 Å². The lowest BCUT2D eigenvalue weighted by atomic mass is 10.1. The number of likely N-dealkylation sites (tertiary alicyclic amines) is 1. The van der Waals surface area contributed by atoms with Gasteiger partial charge in [-0.3, -0.25) is 4.79 Å². The van der Waals surface area contributed by atoms with Crippen LogP contribution in [0.4, 0.5) is 0 Å². The molecule has 0 aromatic carbocycles. The lowest BCUT2D eigenvalue weighted by Crippen LogP contribution is -2.50. The van der Waals surface area contributed by atoms with Crippen molar-refractivity contribution in [2.24, 2.45) is 0 Å². The maximum atomic E-state index is 12.6. The van der Waals surface area contributed by atoms with Crippen molar-refractivity contribution in [2.45, 2.75) is 32.4 Å². The molecular formula is C14H17N9OS. The van der Waals surface area contributed by atoms with Crippen LogP contribution in [0.25, 0.3) is 0 Å². The summed E-state index contributed by atoms with van der Waals surface area (Å²) in [7, 11) is 0. The van der Waals surface area contributed by atoms with Gasteiger partial charge in [0.25, 0.3) is 5.91 Å². The average molecular weight is 359 g/mol. The molecule has 130 valence electrons. The van der Waals surface area contributed by atoms with Gasteiger partial charge in [0.2, 0.25) is 0 Å². The Morgan fingerprint density at radius 2 is 2.08 bits per heavy atom. The summed E-state index contributed by atoms with van der Waals surface area (Å²) >= 11 is 1.17. The Labute approximate surface area is 147 Å². The minimum Gasteiger partial charge on any atom is -0.333 e. The highest BCUT2D eigenvalue weighted by Gasteiger charge is 2.35. The average Bonchev–Trinajstić information content (AvgIpc) is 3.29. The molecule has 10 nitrogen and oxygen atoms in total. The third kappa shape index (κ3) is 3.14. The lowest BCUT2D eigenvalue weighted by molar-refractivity contribution is 0.0502. The minimum absolute atomic E-state index is 0.00998. The quantitative estimate of drug-likeness (QED) is 0.627. The van der Waals surface area contributed by atoms with Gasteiger partial charge in [-0.1, -0.05) is 23.0 Å². The van der Waals surface area contributed by atoms with Crippen molar-refractivity contribution < 1.29 is 4.79 Å². The highest BCUT2D eigenvalue weighted by atomic mass is 32.1. The number of carbonyl (C=O) groups excluding carboxylic acids is 1. The van der Waals surface area contributed by atoms with Gasteiger partial charge in [-0.15, -0.1) is 10.2 Å². The zero-order chi connectivity index (χ0) is 17.2. The molecular weight excluding hydrogens is 342 g/mol. The fourth-order valence-corrected chi connectivity index (χ4v) is 3.41. The van der Waals surface area contributed by atoms with E-state index in [0.717, 1.165) is 24.2 Å². The summed E-state index contributed by atoms with van der Waals surface area (Å²) in [5, 5.41) is 20.5. The number of nitrogens with zero attached hydrogens (tertiary/aromatic N) is 9. The molecule has 0 radical (unpaired) electrons. The van der Waals surface area contributed by atoms with Gasteiger partial charge < -0.3 is 4.90 Å². The molecule has 0 unspecified atom stereocenters. The SMILES string of the molecule is CCCc1nnsc1C(=O)N1CC(n2cc(Cn3nccn3)nn2)C1. The molecule has 1 saturated heterocycles.